The van der Waals surface area contributed by atoms with Crippen molar-refractivity contribution in [2.45, 2.75) is 31.8 Å². The van der Waals surface area contributed by atoms with Crippen LogP contribution in [0.5, 0.6) is 23.0 Å². The van der Waals surface area contributed by atoms with Gasteiger partial charge >= 0.3 is 5.97 Å². The minimum Gasteiger partial charge on any atom is -0.507 e. The van der Waals surface area contributed by atoms with Gasteiger partial charge in [-0.2, -0.15) is 0 Å². The smallest absolute Gasteiger partial charge is 0.334 e. The highest BCUT2D eigenvalue weighted by Gasteiger charge is 2.40. The molecule has 2 N–H and O–H groups in total. The number of hydrogen-bond donors (Lipinski definition) is 2. The molecule has 0 saturated heterocycles. The van der Waals surface area contributed by atoms with Crippen molar-refractivity contribution in [1.82, 2.24) is 0 Å². The molecule has 0 aromatic heterocycles. The number of phenolic OH excluding ortho intramolecular Hbond substituents is 2. The van der Waals surface area contributed by atoms with Gasteiger partial charge in [0.15, 0.2) is 5.54 Å². The van der Waals surface area contributed by atoms with Gasteiger partial charge in [-0.15, -0.1) is 23.5 Å². The van der Waals surface area contributed by atoms with Crippen molar-refractivity contribution in [3.8, 4) is 23.0 Å². The molecule has 260 valence electrons. The van der Waals surface area contributed by atoms with Crippen LogP contribution in [-0.2, 0) is 28.5 Å². The Labute approximate surface area is 285 Å². The minimum absolute atomic E-state index is 0.0539. The molecule has 47 heavy (non-hydrogen) atoms. The van der Waals surface area contributed by atoms with Crippen LogP contribution < -0.4 is 9.47 Å². The first kappa shape index (κ1) is 38.4. The van der Waals surface area contributed by atoms with E-state index in [1.54, 1.807) is 51.1 Å². The van der Waals surface area contributed by atoms with Crippen molar-refractivity contribution in [2.75, 3.05) is 85.7 Å². The Kier molecular flexibility index (Phi) is 15.6. The monoisotopic (exact) mass is 694 g/mol. The summed E-state index contributed by atoms with van der Waals surface area (Å²) in [5.74, 6) is 2.43. The number of nitrogens with zero attached hydrogens (tertiary/aromatic N) is 2. The Balaban J connectivity index is 0.000000257. The molecular formula is C33H46N2O10S2. The summed E-state index contributed by atoms with van der Waals surface area (Å²) in [6.07, 6.45) is 0. The Bertz CT molecular complexity index is 1370. The van der Waals surface area contributed by atoms with Gasteiger partial charge in [-0.3, -0.25) is 9.98 Å². The van der Waals surface area contributed by atoms with E-state index in [0.29, 0.717) is 80.7 Å². The predicted octanol–water partition coefficient (Wildman–Crippen LogP) is 4.57. The molecule has 0 amide bonds. The summed E-state index contributed by atoms with van der Waals surface area (Å²) in [5.41, 5.74) is 0.345. The lowest BCUT2D eigenvalue weighted by molar-refractivity contribution is -0.145. The van der Waals surface area contributed by atoms with Crippen LogP contribution >= 0.6 is 23.5 Å². The van der Waals surface area contributed by atoms with Crippen LogP contribution in [0.4, 0.5) is 0 Å². The SMILES string of the molecule is COCCOCCOc1ccc(C2=NC(C)(C)CS2)c(O)c1.COCCOCCOc1ccc(C2=N[C@@](C)(C(=O)OC)CS2)c(O)c1. The Hall–Kier alpha value is -3.01. The van der Waals surface area contributed by atoms with E-state index in [4.69, 9.17) is 33.2 Å². The molecule has 0 bridgehead atoms. The standard InChI is InChI=1S/C17H23NO6S.C16H23NO4S/c1-17(16(20)22-3)11-25-15(18-17)13-5-4-12(10-14(13)19)24-9-8-23-7-6-21-2;1-16(2)11-22-15(17-16)13-5-4-12(10-14(13)18)21-9-8-20-7-6-19-3/h4-5,10,19H,6-9,11H2,1-3H3;4-5,10,18H,6-9,11H2,1-3H3/t17-;/m1./s1. The molecule has 0 unspecified atom stereocenters. The van der Waals surface area contributed by atoms with Gasteiger partial charge in [-0.1, -0.05) is 0 Å². The maximum Gasteiger partial charge on any atom is 0.334 e. The van der Waals surface area contributed by atoms with Crippen LogP contribution in [0, 0.1) is 0 Å². The highest BCUT2D eigenvalue weighted by atomic mass is 32.2. The van der Waals surface area contributed by atoms with Crippen molar-refractivity contribution in [2.24, 2.45) is 9.98 Å². The predicted molar refractivity (Wildman–Crippen MR) is 185 cm³/mol. The summed E-state index contributed by atoms with van der Waals surface area (Å²) < 4.78 is 36.3. The second-order valence-corrected chi connectivity index (χ2v) is 13.2. The lowest BCUT2D eigenvalue weighted by Gasteiger charge is -2.15. The molecule has 0 aliphatic carbocycles. The van der Waals surface area contributed by atoms with E-state index in [9.17, 15) is 15.0 Å². The molecule has 2 aliphatic heterocycles. The van der Waals surface area contributed by atoms with Gasteiger partial charge in [0, 0.05) is 49.0 Å². The summed E-state index contributed by atoms with van der Waals surface area (Å²) in [5, 5.41) is 21.9. The van der Waals surface area contributed by atoms with Crippen molar-refractivity contribution < 1.29 is 48.2 Å². The van der Waals surface area contributed by atoms with E-state index in [1.165, 1.54) is 24.9 Å². The topological polar surface area (TPSA) is 147 Å². The molecule has 0 spiro atoms. The van der Waals surface area contributed by atoms with Crippen LogP contribution in [0.1, 0.15) is 31.9 Å². The first-order valence-electron chi connectivity index (χ1n) is 15.1. The number of hydrogen-bond acceptors (Lipinski definition) is 14. The molecular weight excluding hydrogens is 649 g/mol. The fraction of sp³-hybridized carbons (Fsp3) is 0.545. The van der Waals surface area contributed by atoms with E-state index in [-0.39, 0.29) is 23.0 Å². The molecule has 0 saturated carbocycles. The summed E-state index contributed by atoms with van der Waals surface area (Å²) >= 11 is 3.08. The number of aromatic hydroxyl groups is 2. The van der Waals surface area contributed by atoms with Crippen molar-refractivity contribution in [1.29, 1.82) is 0 Å². The zero-order valence-corrected chi connectivity index (χ0v) is 29.5. The van der Waals surface area contributed by atoms with Crippen molar-refractivity contribution >= 4 is 39.6 Å². The van der Waals surface area contributed by atoms with Gasteiger partial charge in [0.1, 0.15) is 46.3 Å². The van der Waals surface area contributed by atoms with Gasteiger partial charge in [0.2, 0.25) is 0 Å². The summed E-state index contributed by atoms with van der Waals surface area (Å²) in [4.78, 5) is 20.9. The average molecular weight is 695 g/mol. The maximum absolute atomic E-state index is 11.8. The van der Waals surface area contributed by atoms with E-state index >= 15 is 0 Å². The zero-order chi connectivity index (χ0) is 34.3. The Morgan fingerprint density at radius 2 is 1.17 bits per heavy atom. The number of aliphatic imine (C=N–C) groups is 2. The first-order valence-corrected chi connectivity index (χ1v) is 17.1. The fourth-order valence-corrected chi connectivity index (χ4v) is 6.56. The number of methoxy groups -OCH3 is 3. The minimum atomic E-state index is -0.921. The molecule has 0 radical (unpaired) electrons. The third kappa shape index (κ3) is 12.2. The lowest BCUT2D eigenvalue weighted by atomic mass is 10.1. The van der Waals surface area contributed by atoms with Crippen LogP contribution in [-0.4, -0.2) is 123 Å². The van der Waals surface area contributed by atoms with Crippen LogP contribution in [0.3, 0.4) is 0 Å². The first-order chi connectivity index (χ1) is 22.5. The van der Waals surface area contributed by atoms with Crippen molar-refractivity contribution in [3.63, 3.8) is 0 Å². The molecule has 14 heteroatoms. The second-order valence-electron chi connectivity index (χ2n) is 11.3. The molecule has 1 atom stereocenters. The Morgan fingerprint density at radius 3 is 1.60 bits per heavy atom. The summed E-state index contributed by atoms with van der Waals surface area (Å²) in [6.45, 7) is 9.81. The molecule has 2 aliphatic rings. The number of rotatable bonds is 17. The summed E-state index contributed by atoms with van der Waals surface area (Å²) in [6, 6.07) is 10.3. The highest BCUT2D eigenvalue weighted by Crippen LogP contribution is 2.36. The molecule has 12 nitrogen and oxygen atoms in total. The largest absolute Gasteiger partial charge is 0.507 e. The van der Waals surface area contributed by atoms with E-state index in [2.05, 4.69) is 23.8 Å². The second kappa shape index (κ2) is 19.1. The van der Waals surface area contributed by atoms with E-state index in [0.717, 1.165) is 16.4 Å². The van der Waals surface area contributed by atoms with E-state index in [1.807, 2.05) is 12.1 Å². The number of benzene rings is 2. The number of phenols is 2. The van der Waals surface area contributed by atoms with Gasteiger partial charge in [0.25, 0.3) is 0 Å². The number of thioether (sulfide) groups is 2. The van der Waals surface area contributed by atoms with Gasteiger partial charge < -0.3 is 43.4 Å². The Morgan fingerprint density at radius 1 is 0.702 bits per heavy atom. The third-order valence-electron chi connectivity index (χ3n) is 6.69. The number of carbonyl (C=O) groups is 1. The molecule has 2 heterocycles. The normalized spacial score (nSPS) is 18.2. The van der Waals surface area contributed by atoms with Crippen LogP contribution in [0.2, 0.25) is 0 Å². The van der Waals surface area contributed by atoms with Crippen molar-refractivity contribution in [3.05, 3.63) is 47.5 Å². The molecule has 2 aromatic rings. The highest BCUT2D eigenvalue weighted by molar-refractivity contribution is 8.15. The van der Waals surface area contributed by atoms with Gasteiger partial charge in [-0.25, -0.2) is 4.79 Å². The number of esters is 1. The third-order valence-corrected chi connectivity index (χ3v) is 9.41. The van der Waals surface area contributed by atoms with Crippen LogP contribution in [0.15, 0.2) is 46.4 Å². The zero-order valence-electron chi connectivity index (χ0n) is 27.9. The molecule has 0 fully saturated rings. The van der Waals surface area contributed by atoms with E-state index < -0.39 is 5.54 Å². The molecule has 4 rings (SSSR count). The number of ether oxygens (including phenoxy) is 7. The quantitative estimate of drug-likeness (QED) is 0.177. The summed E-state index contributed by atoms with van der Waals surface area (Å²) in [7, 11) is 4.59. The van der Waals surface area contributed by atoms with Crippen LogP contribution in [0.25, 0.3) is 0 Å². The fourth-order valence-electron chi connectivity index (χ4n) is 4.17. The molecule has 2 aromatic carbocycles. The van der Waals surface area contributed by atoms with Gasteiger partial charge in [0.05, 0.1) is 52.3 Å². The number of carbonyl (C=O) groups excluding carboxylic acids is 1. The maximum atomic E-state index is 11.8. The lowest BCUT2D eigenvalue weighted by Crippen LogP contribution is -2.34. The average Bonchev–Trinajstić information content (AvgIpc) is 3.62. The van der Waals surface area contributed by atoms with Gasteiger partial charge in [-0.05, 0) is 45.0 Å².